The zero-order chi connectivity index (χ0) is 29.3. The van der Waals surface area contributed by atoms with Gasteiger partial charge in [0, 0.05) is 26.1 Å². The number of nitrogens with zero attached hydrogens (tertiary/aromatic N) is 1. The minimum atomic E-state index is -4.14. The number of halogens is 1. The summed E-state index contributed by atoms with van der Waals surface area (Å²) in [5.74, 6) is -1.49. The number of carbonyl (C=O) groups is 1. The molecule has 2 heterocycles. The van der Waals surface area contributed by atoms with Gasteiger partial charge in [-0.2, -0.15) is 4.39 Å². The summed E-state index contributed by atoms with van der Waals surface area (Å²) < 4.78 is 62.8. The molecule has 13 nitrogen and oxygen atoms in total. The van der Waals surface area contributed by atoms with E-state index >= 15 is 0 Å². The fraction of sp³-hybridized carbons (Fsp3) is 0.560. The number of carbonyl (C=O) groups excluding carboxylic acids is 1. The molecule has 1 fully saturated rings. The third-order valence-electron chi connectivity index (χ3n) is 5.80. The molecule has 0 aliphatic carbocycles. The normalized spacial score (nSPS) is 21.2. The molecule has 2 aromatic rings. The third-order valence-corrected chi connectivity index (χ3v) is 7.46. The smallest absolute Gasteiger partial charge is 0.459 e. The summed E-state index contributed by atoms with van der Waals surface area (Å²) in [5, 5.41) is 2.82. The molecule has 1 aromatic heterocycles. The van der Waals surface area contributed by atoms with E-state index in [-0.39, 0.29) is 18.6 Å². The average molecular weight is 588 g/mol. The van der Waals surface area contributed by atoms with Gasteiger partial charge in [0.05, 0.1) is 18.8 Å². The van der Waals surface area contributed by atoms with Crippen LogP contribution in [0, 0.1) is 5.82 Å². The Hall–Kier alpha value is -2.87. The molecule has 0 bridgehead atoms. The summed E-state index contributed by atoms with van der Waals surface area (Å²) in [6, 6.07) is 7.68. The van der Waals surface area contributed by atoms with Crippen LogP contribution in [0.5, 0.6) is 5.75 Å². The molecule has 1 aliphatic heterocycles. The average Bonchev–Trinajstić information content (AvgIpc) is 3.32. The molecule has 1 aromatic carbocycles. The second-order valence-corrected chi connectivity index (χ2v) is 10.5. The number of nitrogens with one attached hydrogen (secondary N) is 2. The molecule has 3 rings (SSSR count). The third kappa shape index (κ3) is 8.56. The maximum atomic E-state index is 14.0. The zero-order valence-electron chi connectivity index (χ0n) is 22.7. The first kappa shape index (κ1) is 31.7. The van der Waals surface area contributed by atoms with Crippen LogP contribution in [-0.2, 0) is 32.8 Å². The molecule has 0 radical (unpaired) electrons. The standard InChI is InChI=1S/C25H35FN3O10P/c1-5-22(30)38-19-13-21(29-14-18(26)23(31)27-25(29)32)37-20(19)15-36-40(33,39-17-11-9-8-10-12-17)28-16(4)24(34-6-2)35-7-3/h8-12,14,16,19-21,24H,5-7,13,15H2,1-4H3,(H,28,33)(H,27,31,32)/t16?,19-,20+,21?,40?/m0/s1. The van der Waals surface area contributed by atoms with Crippen LogP contribution in [0.1, 0.15) is 46.8 Å². The second-order valence-electron chi connectivity index (χ2n) is 8.78. The summed E-state index contributed by atoms with van der Waals surface area (Å²) >= 11 is 0. The van der Waals surface area contributed by atoms with E-state index < -0.39 is 68.2 Å². The van der Waals surface area contributed by atoms with Crippen molar-refractivity contribution < 1.29 is 41.7 Å². The predicted octanol–water partition coefficient (Wildman–Crippen LogP) is 2.87. The van der Waals surface area contributed by atoms with Crippen LogP contribution >= 0.6 is 7.75 Å². The molecule has 15 heteroatoms. The number of para-hydroxylation sites is 1. The topological polar surface area (TPSA) is 156 Å². The number of aromatic nitrogens is 2. The van der Waals surface area contributed by atoms with Crippen molar-refractivity contribution in [2.45, 2.75) is 71.3 Å². The SMILES string of the molecule is CCOC(OCC)C(C)NP(=O)(OC[C@H]1OC(n2cc(F)c(=O)[nH]c2=O)C[C@@H]1OC(=O)CC)Oc1ccccc1. The van der Waals surface area contributed by atoms with Crippen molar-refractivity contribution in [3.8, 4) is 5.75 Å². The summed E-state index contributed by atoms with van der Waals surface area (Å²) in [5.41, 5.74) is -2.09. The maximum Gasteiger partial charge on any atom is 0.459 e. The Labute approximate surface area is 230 Å². The fourth-order valence-corrected chi connectivity index (χ4v) is 5.47. The maximum absolute atomic E-state index is 14.0. The Balaban J connectivity index is 1.84. The highest BCUT2D eigenvalue weighted by Crippen LogP contribution is 2.46. The van der Waals surface area contributed by atoms with Crippen molar-refractivity contribution in [1.29, 1.82) is 0 Å². The summed E-state index contributed by atoms with van der Waals surface area (Å²) in [6.07, 6.45) is -3.13. The van der Waals surface area contributed by atoms with Crippen molar-refractivity contribution in [3.05, 3.63) is 63.2 Å². The largest absolute Gasteiger partial charge is 0.459 e. The molecule has 0 amide bonds. The monoisotopic (exact) mass is 587 g/mol. The molecule has 222 valence electrons. The predicted molar refractivity (Wildman–Crippen MR) is 140 cm³/mol. The van der Waals surface area contributed by atoms with Crippen LogP contribution in [0.25, 0.3) is 0 Å². The van der Waals surface area contributed by atoms with Crippen molar-refractivity contribution in [2.24, 2.45) is 0 Å². The summed E-state index contributed by atoms with van der Waals surface area (Å²) in [7, 11) is -4.14. The lowest BCUT2D eigenvalue weighted by Crippen LogP contribution is -2.41. The molecule has 0 saturated carbocycles. The van der Waals surface area contributed by atoms with E-state index in [9.17, 15) is 23.3 Å². The lowest BCUT2D eigenvalue weighted by atomic mass is 10.2. The van der Waals surface area contributed by atoms with Crippen molar-refractivity contribution in [2.75, 3.05) is 19.8 Å². The van der Waals surface area contributed by atoms with Gasteiger partial charge < -0.3 is 23.5 Å². The molecule has 5 atom stereocenters. The van der Waals surface area contributed by atoms with Gasteiger partial charge in [-0.1, -0.05) is 25.1 Å². The number of benzene rings is 1. The Kier molecular flexibility index (Phi) is 11.6. The number of ether oxygens (including phenoxy) is 4. The van der Waals surface area contributed by atoms with E-state index in [0.29, 0.717) is 19.4 Å². The van der Waals surface area contributed by atoms with Gasteiger partial charge in [0.2, 0.25) is 5.82 Å². The first-order valence-corrected chi connectivity index (χ1v) is 14.5. The fourth-order valence-electron chi connectivity index (χ4n) is 3.93. The van der Waals surface area contributed by atoms with Gasteiger partial charge in [-0.25, -0.2) is 14.4 Å². The van der Waals surface area contributed by atoms with Gasteiger partial charge in [-0.3, -0.25) is 23.7 Å². The van der Waals surface area contributed by atoms with Crippen LogP contribution in [0.4, 0.5) is 4.39 Å². The molecule has 1 aliphatic rings. The molecule has 40 heavy (non-hydrogen) atoms. The molecule has 3 unspecified atom stereocenters. The number of H-pyrrole nitrogens is 1. The zero-order valence-corrected chi connectivity index (χ0v) is 23.6. The van der Waals surface area contributed by atoms with E-state index in [4.69, 9.17) is 28.0 Å². The van der Waals surface area contributed by atoms with Crippen LogP contribution in [0.15, 0.2) is 46.1 Å². The summed E-state index contributed by atoms with van der Waals surface area (Å²) in [4.78, 5) is 37.7. The van der Waals surface area contributed by atoms with E-state index in [1.54, 1.807) is 58.0 Å². The van der Waals surface area contributed by atoms with Crippen LogP contribution in [0.3, 0.4) is 0 Å². The van der Waals surface area contributed by atoms with Gasteiger partial charge >= 0.3 is 19.4 Å². The lowest BCUT2D eigenvalue weighted by Gasteiger charge is -2.29. The highest BCUT2D eigenvalue weighted by molar-refractivity contribution is 7.52. The Morgan fingerprint density at radius 3 is 2.50 bits per heavy atom. The second kappa shape index (κ2) is 14.7. The van der Waals surface area contributed by atoms with Gasteiger partial charge in [-0.05, 0) is 32.9 Å². The molecule has 1 saturated heterocycles. The highest BCUT2D eigenvalue weighted by Gasteiger charge is 2.42. The lowest BCUT2D eigenvalue weighted by molar-refractivity contribution is -0.152. The highest BCUT2D eigenvalue weighted by atomic mass is 31.2. The van der Waals surface area contributed by atoms with E-state index in [1.165, 1.54) is 0 Å². The number of aromatic amines is 1. The van der Waals surface area contributed by atoms with Crippen LogP contribution < -0.4 is 20.9 Å². The first-order chi connectivity index (χ1) is 19.1. The quantitative estimate of drug-likeness (QED) is 0.179. The number of hydrogen-bond donors (Lipinski definition) is 2. The van der Waals surface area contributed by atoms with Gasteiger partial charge in [0.25, 0.3) is 5.56 Å². The minimum absolute atomic E-state index is 0.0599. The van der Waals surface area contributed by atoms with E-state index in [1.807, 2.05) is 4.98 Å². The minimum Gasteiger partial charge on any atom is -0.459 e. The van der Waals surface area contributed by atoms with E-state index in [0.717, 1.165) is 4.57 Å². The van der Waals surface area contributed by atoms with Gasteiger partial charge in [-0.15, -0.1) is 0 Å². The molecular formula is C25H35FN3O10P. The van der Waals surface area contributed by atoms with Crippen molar-refractivity contribution in [3.63, 3.8) is 0 Å². The van der Waals surface area contributed by atoms with Gasteiger partial charge in [0.15, 0.2) is 6.29 Å². The Morgan fingerprint density at radius 1 is 1.20 bits per heavy atom. The molecular weight excluding hydrogens is 552 g/mol. The van der Waals surface area contributed by atoms with Crippen molar-refractivity contribution in [1.82, 2.24) is 14.6 Å². The number of esters is 1. The van der Waals surface area contributed by atoms with Crippen LogP contribution in [0.2, 0.25) is 0 Å². The van der Waals surface area contributed by atoms with Crippen LogP contribution in [-0.4, -0.2) is 59.9 Å². The molecule has 0 spiro atoms. The van der Waals surface area contributed by atoms with E-state index in [2.05, 4.69) is 5.09 Å². The number of hydrogen-bond acceptors (Lipinski definition) is 10. The van der Waals surface area contributed by atoms with Gasteiger partial charge in [0.1, 0.15) is 24.2 Å². The number of rotatable bonds is 15. The Morgan fingerprint density at radius 2 is 1.88 bits per heavy atom. The van der Waals surface area contributed by atoms with Crippen molar-refractivity contribution >= 4 is 13.7 Å². The molecule has 2 N–H and O–H groups in total. The summed E-state index contributed by atoms with van der Waals surface area (Å²) in [6.45, 7) is 7.15. The first-order valence-electron chi connectivity index (χ1n) is 12.9. The Bertz CT molecular complexity index is 1270.